The number of aliphatic carboxylic acids is 1. The monoisotopic (exact) mass is 332 g/mol. The third-order valence-electron chi connectivity index (χ3n) is 4.91. The molecule has 2 fully saturated rings. The summed E-state index contributed by atoms with van der Waals surface area (Å²) in [5.41, 5.74) is 1.04. The van der Waals surface area contributed by atoms with E-state index in [1.807, 2.05) is 30.3 Å². The molecule has 2 atom stereocenters. The van der Waals surface area contributed by atoms with Gasteiger partial charge in [-0.25, -0.2) is 4.79 Å². The first kappa shape index (κ1) is 16.8. The maximum atomic E-state index is 12.6. The lowest BCUT2D eigenvalue weighted by Crippen LogP contribution is -2.48. The summed E-state index contributed by atoms with van der Waals surface area (Å²) < 4.78 is 5.80. The van der Waals surface area contributed by atoms with Crippen molar-refractivity contribution >= 4 is 12.0 Å². The highest BCUT2D eigenvalue weighted by molar-refractivity contribution is 5.76. The molecule has 0 spiro atoms. The van der Waals surface area contributed by atoms with E-state index in [1.54, 1.807) is 4.90 Å². The van der Waals surface area contributed by atoms with E-state index in [9.17, 15) is 9.59 Å². The minimum absolute atomic E-state index is 0.00657. The van der Waals surface area contributed by atoms with Crippen LogP contribution in [0.4, 0.5) is 4.79 Å². The normalized spacial score (nSPS) is 23.0. The van der Waals surface area contributed by atoms with Gasteiger partial charge in [-0.2, -0.15) is 0 Å². The van der Waals surface area contributed by atoms with Crippen molar-refractivity contribution in [2.24, 2.45) is 5.92 Å². The smallest absolute Gasteiger partial charge is 0.317 e. The zero-order valence-corrected chi connectivity index (χ0v) is 13.7. The lowest BCUT2D eigenvalue weighted by Gasteiger charge is -2.33. The van der Waals surface area contributed by atoms with E-state index in [4.69, 9.17) is 9.84 Å². The zero-order chi connectivity index (χ0) is 16.9. The van der Waals surface area contributed by atoms with Crippen LogP contribution < -0.4 is 5.32 Å². The second kappa shape index (κ2) is 7.66. The Hall–Kier alpha value is -2.08. The highest BCUT2D eigenvalue weighted by Crippen LogP contribution is 2.27. The number of carbonyl (C=O) groups is 2. The number of likely N-dealkylation sites (tertiary alicyclic amines) is 1. The number of urea groups is 1. The zero-order valence-electron chi connectivity index (χ0n) is 13.7. The fourth-order valence-electron chi connectivity index (χ4n) is 3.47. The number of rotatable bonds is 4. The molecule has 1 aromatic carbocycles. The van der Waals surface area contributed by atoms with Crippen molar-refractivity contribution in [2.75, 3.05) is 19.7 Å². The summed E-state index contributed by atoms with van der Waals surface area (Å²) in [5, 5.41) is 12.2. The van der Waals surface area contributed by atoms with Crippen molar-refractivity contribution in [3.63, 3.8) is 0 Å². The van der Waals surface area contributed by atoms with Gasteiger partial charge in [0.1, 0.15) is 0 Å². The quantitative estimate of drug-likeness (QED) is 0.887. The van der Waals surface area contributed by atoms with Gasteiger partial charge in [-0.05, 0) is 31.2 Å². The van der Waals surface area contributed by atoms with Crippen molar-refractivity contribution in [3.8, 4) is 0 Å². The highest BCUT2D eigenvalue weighted by atomic mass is 16.5. The third-order valence-corrected chi connectivity index (χ3v) is 4.91. The molecule has 2 saturated heterocycles. The molecule has 0 aromatic heterocycles. The Morgan fingerprint density at radius 1 is 1.17 bits per heavy atom. The maximum Gasteiger partial charge on any atom is 0.317 e. The molecule has 0 aliphatic carbocycles. The lowest BCUT2D eigenvalue weighted by molar-refractivity contribution is -0.143. The van der Waals surface area contributed by atoms with Crippen LogP contribution in [0.5, 0.6) is 0 Å². The first-order valence-electron chi connectivity index (χ1n) is 8.60. The number of piperidine rings is 1. The number of carboxylic acids is 1. The van der Waals surface area contributed by atoms with Crippen LogP contribution in [-0.4, -0.2) is 47.8 Å². The number of ether oxygens (including phenoxy) is 1. The number of hydrogen-bond donors (Lipinski definition) is 2. The maximum absolute atomic E-state index is 12.6. The summed E-state index contributed by atoms with van der Waals surface area (Å²) in [5.74, 6) is -1.10. The van der Waals surface area contributed by atoms with Crippen LogP contribution in [-0.2, 0) is 9.53 Å². The summed E-state index contributed by atoms with van der Waals surface area (Å²) in [4.78, 5) is 25.4. The average molecular weight is 332 g/mol. The second-order valence-electron chi connectivity index (χ2n) is 6.49. The molecular weight excluding hydrogens is 308 g/mol. The molecule has 0 radical (unpaired) electrons. The van der Waals surface area contributed by atoms with E-state index in [-0.39, 0.29) is 24.1 Å². The molecule has 130 valence electrons. The Bertz CT molecular complexity index is 564. The standard InChI is InChI=1S/C18H24N2O4/c21-17(22)14-8-10-20(11-9-14)18(23)19-16(15-7-4-12-24-15)13-5-2-1-3-6-13/h1-3,5-6,14-16H,4,7-12H2,(H,19,23)(H,21,22). The van der Waals surface area contributed by atoms with Crippen LogP contribution >= 0.6 is 0 Å². The van der Waals surface area contributed by atoms with E-state index in [1.165, 1.54) is 0 Å². The predicted molar refractivity (Wildman–Crippen MR) is 88.6 cm³/mol. The van der Waals surface area contributed by atoms with Crippen molar-refractivity contribution in [3.05, 3.63) is 35.9 Å². The van der Waals surface area contributed by atoms with Gasteiger partial charge < -0.3 is 20.1 Å². The Balaban J connectivity index is 1.64. The van der Waals surface area contributed by atoms with Gasteiger partial charge in [0.05, 0.1) is 18.1 Å². The van der Waals surface area contributed by atoms with E-state index in [0.717, 1.165) is 25.0 Å². The number of amides is 2. The fraction of sp³-hybridized carbons (Fsp3) is 0.556. The van der Waals surface area contributed by atoms with Crippen molar-refractivity contribution in [1.29, 1.82) is 0 Å². The van der Waals surface area contributed by atoms with E-state index in [0.29, 0.717) is 25.9 Å². The Labute approximate surface area is 141 Å². The van der Waals surface area contributed by atoms with Gasteiger partial charge in [0, 0.05) is 19.7 Å². The first-order valence-corrected chi connectivity index (χ1v) is 8.60. The molecule has 24 heavy (non-hydrogen) atoms. The van der Waals surface area contributed by atoms with Gasteiger partial charge >= 0.3 is 12.0 Å². The van der Waals surface area contributed by atoms with Gasteiger partial charge in [-0.3, -0.25) is 4.79 Å². The summed E-state index contributed by atoms with van der Waals surface area (Å²) in [6.07, 6.45) is 2.96. The Kier molecular flexibility index (Phi) is 5.35. The largest absolute Gasteiger partial charge is 0.481 e. The molecule has 6 nitrogen and oxygen atoms in total. The van der Waals surface area contributed by atoms with Crippen molar-refractivity contribution < 1.29 is 19.4 Å². The molecule has 2 amide bonds. The van der Waals surface area contributed by atoms with Gasteiger partial charge in [0.15, 0.2) is 0 Å². The third kappa shape index (κ3) is 3.87. The molecule has 1 aromatic rings. The molecule has 0 saturated carbocycles. The van der Waals surface area contributed by atoms with Crippen molar-refractivity contribution in [1.82, 2.24) is 10.2 Å². The number of nitrogens with zero attached hydrogens (tertiary/aromatic N) is 1. The van der Waals surface area contributed by atoms with E-state index < -0.39 is 5.97 Å². The first-order chi connectivity index (χ1) is 11.6. The SMILES string of the molecule is O=C(O)C1CCN(C(=O)NC(c2ccccc2)C2CCCO2)CC1. The molecule has 3 rings (SSSR count). The summed E-state index contributed by atoms with van der Waals surface area (Å²) in [7, 11) is 0. The molecule has 2 N–H and O–H groups in total. The summed E-state index contributed by atoms with van der Waals surface area (Å²) in [6.45, 7) is 1.69. The van der Waals surface area contributed by atoms with Crippen LogP contribution in [0.3, 0.4) is 0 Å². The molecule has 0 bridgehead atoms. The number of carbonyl (C=O) groups excluding carboxylic acids is 1. The van der Waals surface area contributed by atoms with Crippen LogP contribution in [0.1, 0.15) is 37.3 Å². The lowest BCUT2D eigenvalue weighted by atomic mass is 9.97. The predicted octanol–water partition coefficient (Wildman–Crippen LogP) is 2.41. The Morgan fingerprint density at radius 3 is 2.46 bits per heavy atom. The minimum atomic E-state index is -0.767. The highest BCUT2D eigenvalue weighted by Gasteiger charge is 2.32. The molecule has 2 heterocycles. The van der Waals surface area contributed by atoms with E-state index in [2.05, 4.69) is 5.32 Å². The van der Waals surface area contributed by atoms with Crippen LogP contribution in [0.2, 0.25) is 0 Å². The van der Waals surface area contributed by atoms with Gasteiger partial charge in [-0.1, -0.05) is 30.3 Å². The molecule has 6 heteroatoms. The minimum Gasteiger partial charge on any atom is -0.481 e. The number of hydrogen-bond acceptors (Lipinski definition) is 3. The second-order valence-corrected chi connectivity index (χ2v) is 6.49. The number of benzene rings is 1. The van der Waals surface area contributed by atoms with Crippen LogP contribution in [0.15, 0.2) is 30.3 Å². The van der Waals surface area contributed by atoms with E-state index >= 15 is 0 Å². The van der Waals surface area contributed by atoms with Crippen LogP contribution in [0.25, 0.3) is 0 Å². The van der Waals surface area contributed by atoms with Gasteiger partial charge in [0.25, 0.3) is 0 Å². The Morgan fingerprint density at radius 2 is 1.88 bits per heavy atom. The molecule has 2 aliphatic rings. The molecule has 2 aliphatic heterocycles. The summed E-state index contributed by atoms with van der Waals surface area (Å²) in [6, 6.07) is 9.58. The van der Waals surface area contributed by atoms with Crippen molar-refractivity contribution in [2.45, 2.75) is 37.8 Å². The fourth-order valence-corrected chi connectivity index (χ4v) is 3.47. The van der Waals surface area contributed by atoms with Gasteiger partial charge in [0.2, 0.25) is 0 Å². The van der Waals surface area contributed by atoms with Crippen LogP contribution in [0, 0.1) is 5.92 Å². The number of nitrogens with one attached hydrogen (secondary N) is 1. The average Bonchev–Trinajstić information content (AvgIpc) is 3.14. The van der Waals surface area contributed by atoms with Gasteiger partial charge in [-0.15, -0.1) is 0 Å². The molecular formula is C18H24N2O4. The summed E-state index contributed by atoms with van der Waals surface area (Å²) >= 11 is 0. The number of carboxylic acid groups (broad SMARTS) is 1. The molecule has 2 unspecified atom stereocenters. The topological polar surface area (TPSA) is 78.9 Å².